The van der Waals surface area contributed by atoms with Gasteiger partial charge in [-0.1, -0.05) is 6.07 Å². The van der Waals surface area contributed by atoms with Crippen molar-refractivity contribution in [2.45, 2.75) is 6.54 Å². The van der Waals surface area contributed by atoms with Crippen molar-refractivity contribution in [2.75, 3.05) is 13.7 Å². The molecular formula is C15H17N5O2S. The van der Waals surface area contributed by atoms with Crippen molar-refractivity contribution >= 4 is 17.2 Å². The minimum Gasteiger partial charge on any atom is -0.479 e. The predicted octanol–water partition coefficient (Wildman–Crippen LogP) is 1.78. The van der Waals surface area contributed by atoms with E-state index in [0.717, 1.165) is 10.6 Å². The van der Waals surface area contributed by atoms with Crippen LogP contribution in [0.1, 0.15) is 10.4 Å². The molecule has 1 N–H and O–H groups in total. The van der Waals surface area contributed by atoms with E-state index in [4.69, 9.17) is 4.74 Å². The first-order chi connectivity index (χ1) is 11.2. The largest absolute Gasteiger partial charge is 0.479 e. The second-order valence-corrected chi connectivity index (χ2v) is 5.87. The molecule has 1 amide bonds. The SMILES string of the molecule is COc1nn(C)cc1C(=O)NCCn1ccc(-c2cccs2)n1. The van der Waals surface area contributed by atoms with Crippen LogP contribution in [0, 0.1) is 0 Å². The van der Waals surface area contributed by atoms with Crippen molar-refractivity contribution in [3.8, 4) is 16.5 Å². The van der Waals surface area contributed by atoms with Crippen molar-refractivity contribution in [1.82, 2.24) is 24.9 Å². The lowest BCUT2D eigenvalue weighted by Gasteiger charge is -2.05. The normalized spacial score (nSPS) is 10.7. The van der Waals surface area contributed by atoms with Gasteiger partial charge in [-0.25, -0.2) is 0 Å². The summed E-state index contributed by atoms with van der Waals surface area (Å²) in [6.07, 6.45) is 3.54. The summed E-state index contributed by atoms with van der Waals surface area (Å²) in [5.41, 5.74) is 1.37. The molecular weight excluding hydrogens is 314 g/mol. The minimum absolute atomic E-state index is 0.208. The molecule has 120 valence electrons. The van der Waals surface area contributed by atoms with Gasteiger partial charge in [-0.3, -0.25) is 14.2 Å². The Morgan fingerprint density at radius 3 is 3.00 bits per heavy atom. The van der Waals surface area contributed by atoms with Crippen LogP contribution in [-0.4, -0.2) is 39.1 Å². The average Bonchev–Trinajstić information content (AvgIpc) is 3.26. The number of methoxy groups -OCH3 is 1. The van der Waals surface area contributed by atoms with Crippen LogP contribution in [0.5, 0.6) is 5.88 Å². The molecule has 7 nitrogen and oxygen atoms in total. The van der Waals surface area contributed by atoms with E-state index >= 15 is 0 Å². The molecule has 0 saturated heterocycles. The van der Waals surface area contributed by atoms with Gasteiger partial charge in [0.15, 0.2) is 0 Å². The predicted molar refractivity (Wildman–Crippen MR) is 87.6 cm³/mol. The Balaban J connectivity index is 1.56. The first-order valence-corrected chi connectivity index (χ1v) is 7.98. The zero-order chi connectivity index (χ0) is 16.2. The molecule has 0 fully saturated rings. The average molecular weight is 331 g/mol. The van der Waals surface area contributed by atoms with E-state index in [9.17, 15) is 4.79 Å². The van der Waals surface area contributed by atoms with Gasteiger partial charge in [-0.15, -0.1) is 16.4 Å². The van der Waals surface area contributed by atoms with Crippen molar-refractivity contribution < 1.29 is 9.53 Å². The van der Waals surface area contributed by atoms with Gasteiger partial charge in [-0.2, -0.15) is 5.10 Å². The molecule has 0 spiro atoms. The van der Waals surface area contributed by atoms with Crippen LogP contribution in [0.2, 0.25) is 0 Å². The lowest BCUT2D eigenvalue weighted by molar-refractivity contribution is 0.0949. The van der Waals surface area contributed by atoms with E-state index in [1.807, 2.05) is 34.5 Å². The maximum atomic E-state index is 12.1. The number of thiophene rings is 1. The number of hydrogen-bond donors (Lipinski definition) is 1. The molecule has 0 radical (unpaired) electrons. The highest BCUT2D eigenvalue weighted by atomic mass is 32.1. The Morgan fingerprint density at radius 1 is 1.39 bits per heavy atom. The van der Waals surface area contributed by atoms with Gasteiger partial charge >= 0.3 is 0 Å². The third kappa shape index (κ3) is 3.42. The van der Waals surface area contributed by atoms with Crippen molar-refractivity contribution in [3.05, 3.63) is 41.5 Å². The fraction of sp³-hybridized carbons (Fsp3) is 0.267. The Bertz CT molecular complexity index is 791. The fourth-order valence-corrected chi connectivity index (χ4v) is 2.89. The van der Waals surface area contributed by atoms with Gasteiger partial charge < -0.3 is 10.1 Å². The lowest BCUT2D eigenvalue weighted by Crippen LogP contribution is -2.27. The fourth-order valence-electron chi connectivity index (χ4n) is 2.20. The van der Waals surface area contributed by atoms with E-state index in [0.29, 0.717) is 24.5 Å². The number of carbonyl (C=O) groups excluding carboxylic acids is 1. The van der Waals surface area contributed by atoms with Crippen molar-refractivity contribution in [3.63, 3.8) is 0 Å². The van der Waals surface area contributed by atoms with Gasteiger partial charge in [0.2, 0.25) is 5.88 Å². The Kier molecular flexibility index (Phi) is 4.42. The van der Waals surface area contributed by atoms with Crippen LogP contribution >= 0.6 is 11.3 Å². The van der Waals surface area contributed by atoms with Crippen LogP contribution in [0.4, 0.5) is 0 Å². The number of ether oxygens (including phenoxy) is 1. The number of aryl methyl sites for hydroxylation is 1. The zero-order valence-corrected chi connectivity index (χ0v) is 13.7. The Morgan fingerprint density at radius 2 is 2.26 bits per heavy atom. The maximum absolute atomic E-state index is 12.1. The minimum atomic E-state index is -0.208. The number of nitrogens with zero attached hydrogens (tertiary/aromatic N) is 4. The van der Waals surface area contributed by atoms with Gasteiger partial charge in [0.05, 0.1) is 18.5 Å². The highest BCUT2D eigenvalue weighted by Crippen LogP contribution is 2.22. The summed E-state index contributed by atoms with van der Waals surface area (Å²) in [5.74, 6) is 0.115. The monoisotopic (exact) mass is 331 g/mol. The van der Waals surface area contributed by atoms with Gasteiger partial charge in [0.25, 0.3) is 5.91 Å². The molecule has 0 aliphatic carbocycles. The first kappa shape index (κ1) is 15.3. The van der Waals surface area contributed by atoms with E-state index in [2.05, 4.69) is 15.5 Å². The molecule has 23 heavy (non-hydrogen) atoms. The number of hydrogen-bond acceptors (Lipinski definition) is 5. The molecule has 3 aromatic rings. The summed E-state index contributed by atoms with van der Waals surface area (Å²) < 4.78 is 8.45. The second-order valence-electron chi connectivity index (χ2n) is 4.92. The second kappa shape index (κ2) is 6.66. The molecule has 0 aliphatic rings. The summed E-state index contributed by atoms with van der Waals surface area (Å²) >= 11 is 1.65. The number of rotatable bonds is 6. The molecule has 3 rings (SSSR count). The molecule has 0 atom stereocenters. The molecule has 3 heterocycles. The summed E-state index contributed by atoms with van der Waals surface area (Å²) in [5, 5.41) is 13.4. The highest BCUT2D eigenvalue weighted by molar-refractivity contribution is 7.13. The van der Waals surface area contributed by atoms with Gasteiger partial charge in [-0.05, 0) is 17.5 Å². The molecule has 0 aromatic carbocycles. The summed E-state index contributed by atoms with van der Waals surface area (Å²) in [7, 11) is 3.24. The van der Waals surface area contributed by atoms with Crippen molar-refractivity contribution in [1.29, 1.82) is 0 Å². The van der Waals surface area contributed by atoms with Gasteiger partial charge in [0.1, 0.15) is 11.3 Å². The third-order valence-electron chi connectivity index (χ3n) is 3.27. The van der Waals surface area contributed by atoms with E-state index in [1.54, 1.807) is 29.3 Å². The molecule has 0 aliphatic heterocycles. The van der Waals surface area contributed by atoms with Crippen LogP contribution in [0.15, 0.2) is 36.0 Å². The standard InChI is InChI=1S/C15H17N5O2S/c1-19-10-11(15(18-19)22-2)14(21)16-6-8-20-7-5-12(17-20)13-4-3-9-23-13/h3-5,7,9-10H,6,8H2,1-2H3,(H,16,21). The molecule has 0 bridgehead atoms. The topological polar surface area (TPSA) is 74.0 Å². The van der Waals surface area contributed by atoms with Crippen LogP contribution in [0.3, 0.4) is 0 Å². The Hall–Kier alpha value is -2.61. The highest BCUT2D eigenvalue weighted by Gasteiger charge is 2.15. The van der Waals surface area contributed by atoms with Crippen molar-refractivity contribution in [2.24, 2.45) is 7.05 Å². The molecule has 3 aromatic heterocycles. The Labute approximate surface area is 137 Å². The molecule has 8 heteroatoms. The van der Waals surface area contributed by atoms with Crippen LogP contribution < -0.4 is 10.1 Å². The molecule has 0 saturated carbocycles. The first-order valence-electron chi connectivity index (χ1n) is 7.10. The quantitative estimate of drug-likeness (QED) is 0.747. The number of amides is 1. The summed E-state index contributed by atoms with van der Waals surface area (Å²) in [4.78, 5) is 13.3. The number of aromatic nitrogens is 4. The van der Waals surface area contributed by atoms with Crippen LogP contribution in [0.25, 0.3) is 10.6 Å². The summed E-state index contributed by atoms with van der Waals surface area (Å²) in [6.45, 7) is 1.07. The molecule has 0 unspecified atom stereocenters. The lowest BCUT2D eigenvalue weighted by atomic mass is 10.3. The zero-order valence-electron chi connectivity index (χ0n) is 12.9. The summed E-state index contributed by atoms with van der Waals surface area (Å²) in [6, 6.07) is 6.01. The number of carbonyl (C=O) groups is 1. The van der Waals surface area contributed by atoms with E-state index in [1.165, 1.54) is 7.11 Å². The van der Waals surface area contributed by atoms with E-state index < -0.39 is 0 Å². The number of nitrogens with one attached hydrogen (secondary N) is 1. The maximum Gasteiger partial charge on any atom is 0.258 e. The van der Waals surface area contributed by atoms with E-state index in [-0.39, 0.29) is 5.91 Å². The van der Waals surface area contributed by atoms with Gasteiger partial charge in [0, 0.05) is 26.0 Å². The third-order valence-corrected chi connectivity index (χ3v) is 4.17. The smallest absolute Gasteiger partial charge is 0.258 e. The van der Waals surface area contributed by atoms with Crippen LogP contribution in [-0.2, 0) is 13.6 Å².